The van der Waals surface area contributed by atoms with Crippen molar-refractivity contribution in [3.63, 3.8) is 0 Å². The van der Waals surface area contributed by atoms with E-state index in [1.165, 1.54) is 0 Å². The average molecular weight is 647 g/mol. The first kappa shape index (κ1) is 37.1. The van der Waals surface area contributed by atoms with Gasteiger partial charge in [0.1, 0.15) is 0 Å². The molecule has 0 saturated carbocycles. The summed E-state index contributed by atoms with van der Waals surface area (Å²) in [7, 11) is 0. The molecule has 4 amide bonds. The first-order chi connectivity index (χ1) is 21.9. The molecule has 254 valence electrons. The van der Waals surface area contributed by atoms with Crippen LogP contribution in [-0.2, 0) is 14.4 Å². The Morgan fingerprint density at radius 3 is 2.31 bits per heavy atom. The number of aliphatic hydroxyl groups excluding tert-OH is 1. The molecule has 45 heavy (non-hydrogen) atoms. The highest BCUT2D eigenvalue weighted by Gasteiger charge is 2.42. The second-order valence-electron chi connectivity index (χ2n) is 13.0. The molecule has 2 aliphatic heterocycles. The summed E-state index contributed by atoms with van der Waals surface area (Å²) in [6.45, 7) is 3.49. The highest BCUT2D eigenvalue weighted by Crippen LogP contribution is 2.33. The first-order valence-corrected chi connectivity index (χ1v) is 18.7. The molecule has 0 radical (unpaired) electrons. The summed E-state index contributed by atoms with van der Waals surface area (Å²) in [5.41, 5.74) is 0. The zero-order valence-corrected chi connectivity index (χ0v) is 28.2. The first-order valence-electron chi connectivity index (χ1n) is 17.7. The topological polar surface area (TPSA) is 137 Å². The van der Waals surface area contributed by atoms with Gasteiger partial charge in [-0.2, -0.15) is 11.8 Å². The van der Waals surface area contributed by atoms with Crippen molar-refractivity contribution in [1.29, 1.82) is 0 Å². The molecule has 2 heterocycles. The van der Waals surface area contributed by atoms with E-state index in [4.69, 9.17) is 0 Å². The van der Waals surface area contributed by atoms with Gasteiger partial charge in [0.25, 0.3) is 0 Å². The molecule has 0 bridgehead atoms. The predicted octanol–water partition coefficient (Wildman–Crippen LogP) is 5.32. The molecule has 5 N–H and O–H groups in total. The van der Waals surface area contributed by atoms with Crippen LogP contribution in [0.25, 0.3) is 0 Å². The monoisotopic (exact) mass is 646 g/mol. The molecule has 3 rings (SSSR count). The summed E-state index contributed by atoms with van der Waals surface area (Å²) >= 11 is 1.91. The van der Waals surface area contributed by atoms with Crippen molar-refractivity contribution in [2.24, 2.45) is 11.8 Å². The number of ketones is 1. The number of carbonyl (C=O) groups excluding carboxylic acids is 4. The van der Waals surface area contributed by atoms with Gasteiger partial charge in [-0.25, -0.2) is 4.79 Å². The number of carbonyl (C=O) groups is 4. The largest absolute Gasteiger partial charge is 0.389 e. The number of unbranched alkanes of at least 4 members (excludes halogenated alkanes) is 8. The van der Waals surface area contributed by atoms with Crippen LogP contribution in [0, 0.1) is 11.8 Å². The smallest absolute Gasteiger partial charge is 0.315 e. The fourth-order valence-electron chi connectivity index (χ4n) is 6.48. The quantitative estimate of drug-likeness (QED) is 0.0547. The minimum Gasteiger partial charge on any atom is -0.389 e. The van der Waals surface area contributed by atoms with Crippen molar-refractivity contribution in [1.82, 2.24) is 21.3 Å². The van der Waals surface area contributed by atoms with Gasteiger partial charge in [0.05, 0.1) is 18.2 Å². The zero-order chi connectivity index (χ0) is 32.3. The molecule has 0 aromatic heterocycles. The number of aliphatic hydroxyl groups is 1. The number of nitrogens with one attached hydrogen (secondary N) is 4. The molecule has 6 atom stereocenters. The van der Waals surface area contributed by atoms with E-state index in [2.05, 4.69) is 28.2 Å². The van der Waals surface area contributed by atoms with E-state index in [1.54, 1.807) is 6.08 Å². The maximum Gasteiger partial charge on any atom is 0.315 e. The highest BCUT2D eigenvalue weighted by molar-refractivity contribution is 8.00. The van der Waals surface area contributed by atoms with Crippen molar-refractivity contribution in [2.45, 2.75) is 140 Å². The van der Waals surface area contributed by atoms with Gasteiger partial charge in [-0.3, -0.25) is 14.4 Å². The van der Waals surface area contributed by atoms with Crippen LogP contribution in [0.5, 0.6) is 0 Å². The minimum atomic E-state index is -0.431. The van der Waals surface area contributed by atoms with Gasteiger partial charge >= 0.3 is 6.03 Å². The van der Waals surface area contributed by atoms with Gasteiger partial charge < -0.3 is 26.4 Å². The second kappa shape index (κ2) is 21.5. The van der Waals surface area contributed by atoms with Gasteiger partial charge in [-0.1, -0.05) is 70.1 Å². The molecule has 2 fully saturated rings. The molecule has 10 heteroatoms. The number of urea groups is 1. The third kappa shape index (κ3) is 14.3. The van der Waals surface area contributed by atoms with E-state index >= 15 is 0 Å². The molecular formula is C35H58N4O5S. The summed E-state index contributed by atoms with van der Waals surface area (Å²) in [6.07, 6.45) is 22.6. The van der Waals surface area contributed by atoms with E-state index in [-0.39, 0.29) is 47.5 Å². The lowest BCUT2D eigenvalue weighted by atomic mass is 9.88. The summed E-state index contributed by atoms with van der Waals surface area (Å²) in [4.78, 5) is 48.1. The lowest BCUT2D eigenvalue weighted by molar-refractivity contribution is -0.121. The molecule has 0 aromatic carbocycles. The SMILES string of the molecule is CCCCC[C@H](O)/C=C/[C@H]1C=CC(=O)[C@@H]1CCCCCCC(=O)NCCCCCNC(=O)CCCCC1SC[C@@H]2NC(=O)N[C@H]12. The van der Waals surface area contributed by atoms with Crippen LogP contribution >= 0.6 is 11.8 Å². The molecule has 1 aliphatic carbocycles. The Bertz CT molecular complexity index is 989. The van der Waals surface area contributed by atoms with Crippen LogP contribution in [0.2, 0.25) is 0 Å². The van der Waals surface area contributed by atoms with Gasteiger partial charge in [-0.15, -0.1) is 0 Å². The number of hydrogen-bond acceptors (Lipinski definition) is 6. The average Bonchev–Trinajstić information content (AvgIpc) is 3.69. The van der Waals surface area contributed by atoms with Crippen LogP contribution in [-0.4, -0.2) is 71.0 Å². The number of rotatable bonds is 24. The van der Waals surface area contributed by atoms with Gasteiger partial charge in [0.2, 0.25) is 11.8 Å². The Hall–Kier alpha value is -2.33. The van der Waals surface area contributed by atoms with Gasteiger partial charge in [0.15, 0.2) is 5.78 Å². The highest BCUT2D eigenvalue weighted by atomic mass is 32.2. The third-order valence-corrected chi connectivity index (χ3v) is 10.7. The number of amides is 4. The molecular weight excluding hydrogens is 588 g/mol. The fraction of sp³-hybridized carbons (Fsp3) is 0.771. The van der Waals surface area contributed by atoms with Crippen LogP contribution < -0.4 is 21.3 Å². The summed E-state index contributed by atoms with van der Waals surface area (Å²) in [6, 6.07) is 0.429. The Balaban J connectivity index is 1.09. The lowest BCUT2D eigenvalue weighted by Gasteiger charge is -2.16. The van der Waals surface area contributed by atoms with E-state index in [9.17, 15) is 24.3 Å². The molecule has 0 spiro atoms. The maximum atomic E-state index is 12.3. The molecule has 0 aromatic rings. The third-order valence-electron chi connectivity index (χ3n) is 9.22. The Kier molecular flexibility index (Phi) is 17.7. The maximum absolute atomic E-state index is 12.3. The minimum absolute atomic E-state index is 0.0167. The summed E-state index contributed by atoms with van der Waals surface area (Å²) in [5, 5.41) is 22.6. The second-order valence-corrected chi connectivity index (χ2v) is 14.2. The number of fused-ring (bicyclic) bond motifs is 1. The molecule has 2 saturated heterocycles. The van der Waals surface area contributed by atoms with E-state index in [0.717, 1.165) is 102 Å². The number of thioether (sulfide) groups is 1. The van der Waals surface area contributed by atoms with Crippen molar-refractivity contribution < 1.29 is 24.3 Å². The number of allylic oxidation sites excluding steroid dienone is 3. The summed E-state index contributed by atoms with van der Waals surface area (Å²) in [5.74, 6) is 1.43. The molecule has 1 unspecified atom stereocenters. The Labute approximate surface area is 275 Å². The Morgan fingerprint density at radius 2 is 1.58 bits per heavy atom. The molecule has 9 nitrogen and oxygen atoms in total. The van der Waals surface area contributed by atoms with Crippen LogP contribution in [0.4, 0.5) is 4.79 Å². The van der Waals surface area contributed by atoms with Crippen molar-refractivity contribution >= 4 is 35.4 Å². The number of hydrogen-bond donors (Lipinski definition) is 5. The van der Waals surface area contributed by atoms with E-state index < -0.39 is 6.10 Å². The normalized spacial score (nSPS) is 24.5. The van der Waals surface area contributed by atoms with Crippen molar-refractivity contribution in [2.75, 3.05) is 18.8 Å². The Morgan fingerprint density at radius 1 is 0.911 bits per heavy atom. The van der Waals surface area contributed by atoms with Crippen LogP contribution in [0.1, 0.15) is 116 Å². The van der Waals surface area contributed by atoms with E-state index in [0.29, 0.717) is 31.2 Å². The van der Waals surface area contributed by atoms with Crippen LogP contribution in [0.15, 0.2) is 24.3 Å². The molecule has 3 aliphatic rings. The zero-order valence-electron chi connectivity index (χ0n) is 27.4. The van der Waals surface area contributed by atoms with Crippen molar-refractivity contribution in [3.05, 3.63) is 24.3 Å². The van der Waals surface area contributed by atoms with Crippen molar-refractivity contribution in [3.8, 4) is 0 Å². The lowest BCUT2D eigenvalue weighted by Crippen LogP contribution is -2.36. The van der Waals surface area contributed by atoms with Gasteiger partial charge in [-0.05, 0) is 57.4 Å². The standard InChI is InChI=1S/C35H58N4O5S/c1-2-3-7-14-27(40)21-19-26-20-22-30(41)28(26)15-8-4-5-9-17-32(42)36-23-12-6-13-24-37-33(43)18-11-10-16-31-34-29(25-45-31)38-35(44)39-34/h19-22,26-29,31,34,40H,2-18,23-25H2,1H3,(H,36,42)(H,37,43)(H2,38,39,44)/b21-19+/t26-,27-,28+,29-,31?,34-/m0/s1. The van der Waals surface area contributed by atoms with Crippen LogP contribution in [0.3, 0.4) is 0 Å². The predicted molar refractivity (Wildman–Crippen MR) is 182 cm³/mol. The van der Waals surface area contributed by atoms with E-state index in [1.807, 2.05) is 30.0 Å². The summed E-state index contributed by atoms with van der Waals surface area (Å²) < 4.78 is 0. The fourth-order valence-corrected chi connectivity index (χ4v) is 8.02. The van der Waals surface area contributed by atoms with Gasteiger partial charge in [0, 0.05) is 48.8 Å².